The van der Waals surface area contributed by atoms with E-state index >= 15 is 0 Å². The average molecular weight is 346 g/mol. The number of likely N-dealkylation sites (N-methyl/N-ethyl adjacent to an activating group) is 2. The van der Waals surface area contributed by atoms with Crippen LogP contribution >= 0.6 is 0 Å². The number of benzene rings is 1. The van der Waals surface area contributed by atoms with E-state index < -0.39 is 0 Å². The highest BCUT2D eigenvalue weighted by atomic mass is 15.3. The Balaban J connectivity index is 1.99. The lowest BCUT2D eigenvalue weighted by atomic mass is 10.1. The summed E-state index contributed by atoms with van der Waals surface area (Å²) in [6, 6.07) is 9.38. The van der Waals surface area contributed by atoms with Crippen LogP contribution in [-0.2, 0) is 13.0 Å². The maximum absolute atomic E-state index is 4.91. The largest absolute Gasteiger partial charge is 0.357 e. The number of hydrogen-bond acceptors (Lipinski definition) is 3. The van der Waals surface area contributed by atoms with Gasteiger partial charge in [0.25, 0.3) is 0 Å². The van der Waals surface area contributed by atoms with E-state index in [1.54, 1.807) is 0 Å². The van der Waals surface area contributed by atoms with Crippen LogP contribution in [-0.4, -0.2) is 80.6 Å². The average Bonchev–Trinajstić information content (AvgIpc) is 2.61. The molecule has 0 spiro atoms. The standard InChI is InChI=1S/C20H35N5/c1-6-17-8-10-18(11-9-17)15-25(5)20(21-7-2)22-14-19-16-23(3)12-13-24(19)4/h8-11,19H,6-7,12-16H2,1-5H3,(H,21,22). The van der Waals surface area contributed by atoms with E-state index in [1.807, 2.05) is 0 Å². The summed E-state index contributed by atoms with van der Waals surface area (Å²) in [5, 5.41) is 3.43. The number of rotatable bonds is 6. The van der Waals surface area contributed by atoms with Crippen LogP contribution in [0.4, 0.5) is 0 Å². The van der Waals surface area contributed by atoms with Crippen LogP contribution in [0.3, 0.4) is 0 Å². The summed E-state index contributed by atoms with van der Waals surface area (Å²) in [5.41, 5.74) is 2.70. The van der Waals surface area contributed by atoms with Crippen molar-refractivity contribution in [3.05, 3.63) is 35.4 Å². The summed E-state index contributed by atoms with van der Waals surface area (Å²) >= 11 is 0. The molecular weight excluding hydrogens is 310 g/mol. The molecule has 1 aliphatic rings. The minimum Gasteiger partial charge on any atom is -0.357 e. The summed E-state index contributed by atoms with van der Waals surface area (Å²) < 4.78 is 0. The SMILES string of the molecule is CCNC(=NCC1CN(C)CCN1C)N(C)Cc1ccc(CC)cc1. The van der Waals surface area contributed by atoms with Crippen molar-refractivity contribution in [1.29, 1.82) is 0 Å². The minimum absolute atomic E-state index is 0.490. The molecule has 2 rings (SSSR count). The first-order chi connectivity index (χ1) is 12.0. The first kappa shape index (κ1) is 19.7. The van der Waals surface area contributed by atoms with Crippen molar-refractivity contribution in [2.75, 3.05) is 53.9 Å². The Morgan fingerprint density at radius 2 is 1.84 bits per heavy atom. The molecule has 0 saturated carbocycles. The van der Waals surface area contributed by atoms with Crippen LogP contribution in [0.25, 0.3) is 0 Å². The van der Waals surface area contributed by atoms with Crippen molar-refractivity contribution >= 4 is 5.96 Å². The van der Waals surface area contributed by atoms with Gasteiger partial charge in [0.2, 0.25) is 0 Å². The number of guanidine groups is 1. The van der Waals surface area contributed by atoms with Crippen molar-refractivity contribution in [1.82, 2.24) is 20.0 Å². The summed E-state index contributed by atoms with van der Waals surface area (Å²) in [5.74, 6) is 0.990. The predicted octanol–water partition coefficient (Wildman–Crippen LogP) is 1.89. The Kier molecular flexibility index (Phi) is 7.72. The Bertz CT molecular complexity index is 540. The number of nitrogens with zero attached hydrogens (tertiary/aromatic N) is 4. The van der Waals surface area contributed by atoms with Crippen molar-refractivity contribution in [3.63, 3.8) is 0 Å². The fraction of sp³-hybridized carbons (Fsp3) is 0.650. The molecule has 1 N–H and O–H groups in total. The topological polar surface area (TPSA) is 34.1 Å². The fourth-order valence-corrected chi connectivity index (χ4v) is 3.19. The van der Waals surface area contributed by atoms with Gasteiger partial charge in [0.1, 0.15) is 0 Å². The molecule has 0 amide bonds. The molecule has 1 heterocycles. The first-order valence-electron chi connectivity index (χ1n) is 9.49. The van der Waals surface area contributed by atoms with E-state index in [0.29, 0.717) is 6.04 Å². The molecular formula is C20H35N5. The van der Waals surface area contributed by atoms with Gasteiger partial charge < -0.3 is 15.1 Å². The molecule has 1 unspecified atom stereocenters. The molecule has 5 heteroatoms. The summed E-state index contributed by atoms with van der Waals surface area (Å²) in [6.45, 7) is 10.3. The normalized spacial score (nSPS) is 19.9. The number of aliphatic imine (C=N–C) groups is 1. The Morgan fingerprint density at radius 1 is 1.16 bits per heavy atom. The predicted molar refractivity (Wildman–Crippen MR) is 107 cm³/mol. The molecule has 1 atom stereocenters. The third-order valence-electron chi connectivity index (χ3n) is 4.98. The van der Waals surface area contributed by atoms with Gasteiger partial charge in [-0.1, -0.05) is 31.2 Å². The lowest BCUT2D eigenvalue weighted by molar-refractivity contribution is 0.119. The van der Waals surface area contributed by atoms with Gasteiger partial charge >= 0.3 is 0 Å². The third-order valence-corrected chi connectivity index (χ3v) is 4.98. The fourth-order valence-electron chi connectivity index (χ4n) is 3.19. The molecule has 0 radical (unpaired) electrons. The molecule has 0 bridgehead atoms. The van der Waals surface area contributed by atoms with Crippen molar-refractivity contribution < 1.29 is 0 Å². The van der Waals surface area contributed by atoms with E-state index in [2.05, 4.69) is 79.3 Å². The molecule has 1 aliphatic heterocycles. The monoisotopic (exact) mass is 345 g/mol. The van der Waals surface area contributed by atoms with Crippen molar-refractivity contribution in [2.45, 2.75) is 32.9 Å². The maximum atomic E-state index is 4.91. The molecule has 140 valence electrons. The second-order valence-corrected chi connectivity index (χ2v) is 7.12. The van der Waals surface area contributed by atoms with Gasteiger partial charge in [0.15, 0.2) is 5.96 Å². The van der Waals surface area contributed by atoms with E-state index in [1.165, 1.54) is 11.1 Å². The zero-order valence-corrected chi connectivity index (χ0v) is 16.6. The highest BCUT2D eigenvalue weighted by molar-refractivity contribution is 5.79. The van der Waals surface area contributed by atoms with Gasteiger partial charge in [-0.05, 0) is 38.6 Å². The Hall–Kier alpha value is -1.59. The lowest BCUT2D eigenvalue weighted by Crippen LogP contribution is -2.51. The van der Waals surface area contributed by atoms with Gasteiger partial charge in [0.05, 0.1) is 6.54 Å². The number of aryl methyl sites for hydroxylation is 1. The summed E-state index contributed by atoms with van der Waals surface area (Å²) in [7, 11) is 6.52. The van der Waals surface area contributed by atoms with E-state index in [-0.39, 0.29) is 0 Å². The lowest BCUT2D eigenvalue weighted by Gasteiger charge is -2.37. The highest BCUT2D eigenvalue weighted by Gasteiger charge is 2.22. The van der Waals surface area contributed by atoms with E-state index in [0.717, 1.165) is 51.6 Å². The van der Waals surface area contributed by atoms with Gasteiger partial charge in [-0.25, -0.2) is 0 Å². The molecule has 1 saturated heterocycles. The van der Waals surface area contributed by atoms with Crippen LogP contribution in [0.2, 0.25) is 0 Å². The summed E-state index contributed by atoms with van der Waals surface area (Å²) in [4.78, 5) is 12.0. The second-order valence-electron chi connectivity index (χ2n) is 7.12. The number of piperazine rings is 1. The maximum Gasteiger partial charge on any atom is 0.194 e. The van der Waals surface area contributed by atoms with Crippen molar-refractivity contribution in [2.24, 2.45) is 4.99 Å². The number of hydrogen-bond donors (Lipinski definition) is 1. The molecule has 1 aromatic carbocycles. The van der Waals surface area contributed by atoms with Crippen LogP contribution in [0.5, 0.6) is 0 Å². The van der Waals surface area contributed by atoms with Crippen LogP contribution < -0.4 is 5.32 Å². The van der Waals surface area contributed by atoms with Crippen LogP contribution in [0.1, 0.15) is 25.0 Å². The molecule has 5 nitrogen and oxygen atoms in total. The number of nitrogens with one attached hydrogen (secondary N) is 1. The Labute approximate surface area is 153 Å². The quantitative estimate of drug-likeness (QED) is 0.631. The van der Waals surface area contributed by atoms with Gasteiger partial charge in [-0.15, -0.1) is 0 Å². The van der Waals surface area contributed by atoms with E-state index in [9.17, 15) is 0 Å². The highest BCUT2D eigenvalue weighted by Crippen LogP contribution is 2.09. The Morgan fingerprint density at radius 3 is 2.48 bits per heavy atom. The molecule has 0 aromatic heterocycles. The van der Waals surface area contributed by atoms with Crippen molar-refractivity contribution in [3.8, 4) is 0 Å². The smallest absolute Gasteiger partial charge is 0.194 e. The molecule has 1 fully saturated rings. The van der Waals surface area contributed by atoms with Crippen LogP contribution in [0, 0.1) is 0 Å². The summed E-state index contributed by atoms with van der Waals surface area (Å²) in [6.07, 6.45) is 1.09. The molecule has 1 aromatic rings. The third kappa shape index (κ3) is 6.01. The van der Waals surface area contributed by atoms with Gasteiger partial charge in [-0.3, -0.25) is 9.89 Å². The minimum atomic E-state index is 0.490. The van der Waals surface area contributed by atoms with Gasteiger partial charge in [0, 0.05) is 45.8 Å². The second kappa shape index (κ2) is 9.78. The molecule has 0 aliphatic carbocycles. The molecule has 25 heavy (non-hydrogen) atoms. The zero-order valence-electron chi connectivity index (χ0n) is 16.6. The van der Waals surface area contributed by atoms with Gasteiger partial charge in [-0.2, -0.15) is 0 Å². The van der Waals surface area contributed by atoms with E-state index in [4.69, 9.17) is 4.99 Å². The van der Waals surface area contributed by atoms with Crippen LogP contribution in [0.15, 0.2) is 29.3 Å². The zero-order chi connectivity index (χ0) is 18.2. The first-order valence-corrected chi connectivity index (χ1v) is 9.49.